The summed E-state index contributed by atoms with van der Waals surface area (Å²) in [4.78, 5) is 0. The van der Waals surface area contributed by atoms with Gasteiger partial charge in [-0.2, -0.15) is 0 Å². The molecule has 0 radical (unpaired) electrons. The normalized spacial score (nSPS) is 12.8. The van der Waals surface area contributed by atoms with Gasteiger partial charge in [-0.15, -0.1) is 0 Å². The topological polar surface area (TPSA) is 35.2 Å². The smallest absolute Gasteiger partial charge is 0.119 e. The second-order valence-corrected chi connectivity index (χ2v) is 4.52. The van der Waals surface area contributed by atoms with Gasteiger partial charge in [0, 0.05) is 6.04 Å². The lowest BCUT2D eigenvalue weighted by molar-refractivity contribution is 0.340. The van der Waals surface area contributed by atoms with Crippen LogP contribution in [0, 0.1) is 5.92 Å². The second kappa shape index (κ2) is 6.54. The molecule has 0 aliphatic rings. The number of nitrogens with two attached hydrogens (primary N) is 1. The molecule has 2 nitrogen and oxygen atoms in total. The lowest BCUT2D eigenvalue weighted by Gasteiger charge is -2.15. The molecule has 16 heavy (non-hydrogen) atoms. The van der Waals surface area contributed by atoms with Crippen LogP contribution < -0.4 is 10.5 Å². The number of rotatable bonds is 6. The molecule has 0 aromatic heterocycles. The quantitative estimate of drug-likeness (QED) is 0.801. The van der Waals surface area contributed by atoms with Crippen LogP contribution in [-0.4, -0.2) is 12.6 Å². The first kappa shape index (κ1) is 13.0. The molecule has 0 spiro atoms. The molecule has 0 amide bonds. The van der Waals surface area contributed by atoms with Crippen molar-refractivity contribution < 1.29 is 4.74 Å². The molecule has 2 heteroatoms. The minimum atomic E-state index is 0.298. The van der Waals surface area contributed by atoms with Crippen LogP contribution in [-0.2, 0) is 6.42 Å². The van der Waals surface area contributed by atoms with Gasteiger partial charge in [-0.05, 0) is 43.4 Å². The first-order valence-electron chi connectivity index (χ1n) is 6.10. The first-order valence-corrected chi connectivity index (χ1v) is 6.10. The van der Waals surface area contributed by atoms with Crippen molar-refractivity contribution in [2.75, 3.05) is 6.61 Å². The maximum Gasteiger partial charge on any atom is 0.119 e. The average molecular weight is 221 g/mol. The zero-order valence-electron chi connectivity index (χ0n) is 10.6. The van der Waals surface area contributed by atoms with E-state index in [1.54, 1.807) is 0 Å². The van der Waals surface area contributed by atoms with Crippen LogP contribution in [0.2, 0.25) is 0 Å². The van der Waals surface area contributed by atoms with Gasteiger partial charge in [-0.25, -0.2) is 0 Å². The van der Waals surface area contributed by atoms with Gasteiger partial charge >= 0.3 is 0 Å². The Morgan fingerprint density at radius 3 is 2.31 bits per heavy atom. The van der Waals surface area contributed by atoms with Crippen LogP contribution in [0.5, 0.6) is 5.75 Å². The molecule has 0 fully saturated rings. The molecule has 1 unspecified atom stereocenters. The molecule has 90 valence electrons. The fraction of sp³-hybridized carbons (Fsp3) is 0.571. The highest BCUT2D eigenvalue weighted by Crippen LogP contribution is 2.14. The summed E-state index contributed by atoms with van der Waals surface area (Å²) in [5, 5.41) is 0. The van der Waals surface area contributed by atoms with Crippen LogP contribution in [0.25, 0.3) is 0 Å². The van der Waals surface area contributed by atoms with E-state index in [1.807, 2.05) is 19.1 Å². The van der Waals surface area contributed by atoms with E-state index in [1.165, 1.54) is 5.56 Å². The van der Waals surface area contributed by atoms with E-state index in [0.29, 0.717) is 12.0 Å². The molecule has 0 saturated carbocycles. The Hall–Kier alpha value is -1.02. The largest absolute Gasteiger partial charge is 0.494 e. The van der Waals surface area contributed by atoms with Crippen molar-refractivity contribution in [3.05, 3.63) is 29.8 Å². The molecular formula is C14H23NO. The molecule has 0 aliphatic heterocycles. The SMILES string of the molecule is CCOc1ccc(CCC(N)C(C)C)cc1. The van der Waals surface area contributed by atoms with Crippen molar-refractivity contribution in [1.29, 1.82) is 0 Å². The van der Waals surface area contributed by atoms with E-state index < -0.39 is 0 Å². The maximum atomic E-state index is 6.02. The summed E-state index contributed by atoms with van der Waals surface area (Å²) in [5.74, 6) is 1.50. The fourth-order valence-corrected chi connectivity index (χ4v) is 1.59. The number of aryl methyl sites for hydroxylation is 1. The Morgan fingerprint density at radius 1 is 1.19 bits per heavy atom. The molecule has 1 aromatic carbocycles. The molecule has 1 atom stereocenters. The van der Waals surface area contributed by atoms with Gasteiger partial charge in [-0.1, -0.05) is 26.0 Å². The van der Waals surface area contributed by atoms with Crippen LogP contribution in [0.3, 0.4) is 0 Å². The summed E-state index contributed by atoms with van der Waals surface area (Å²) in [5.41, 5.74) is 7.35. The summed E-state index contributed by atoms with van der Waals surface area (Å²) < 4.78 is 5.40. The molecule has 0 aliphatic carbocycles. The van der Waals surface area contributed by atoms with Gasteiger partial charge in [0.1, 0.15) is 5.75 Å². The summed E-state index contributed by atoms with van der Waals surface area (Å²) in [6.45, 7) is 7.05. The summed E-state index contributed by atoms with van der Waals surface area (Å²) >= 11 is 0. The van der Waals surface area contributed by atoms with Gasteiger partial charge in [0.15, 0.2) is 0 Å². The Balaban J connectivity index is 2.43. The third kappa shape index (κ3) is 4.23. The third-order valence-electron chi connectivity index (χ3n) is 2.86. The van der Waals surface area contributed by atoms with E-state index in [9.17, 15) is 0 Å². The van der Waals surface area contributed by atoms with E-state index in [-0.39, 0.29) is 0 Å². The lowest BCUT2D eigenvalue weighted by atomic mass is 9.98. The number of hydrogen-bond acceptors (Lipinski definition) is 2. The summed E-state index contributed by atoms with van der Waals surface area (Å²) in [7, 11) is 0. The summed E-state index contributed by atoms with van der Waals surface area (Å²) in [6.07, 6.45) is 2.09. The zero-order valence-corrected chi connectivity index (χ0v) is 10.6. The summed E-state index contributed by atoms with van der Waals surface area (Å²) in [6, 6.07) is 8.60. The predicted octanol–water partition coefficient (Wildman–Crippen LogP) is 3.00. The van der Waals surface area contributed by atoms with E-state index in [2.05, 4.69) is 26.0 Å². The van der Waals surface area contributed by atoms with Crippen LogP contribution in [0.1, 0.15) is 32.8 Å². The van der Waals surface area contributed by atoms with Crippen LogP contribution in [0.15, 0.2) is 24.3 Å². The van der Waals surface area contributed by atoms with E-state index in [0.717, 1.165) is 25.2 Å². The lowest BCUT2D eigenvalue weighted by Crippen LogP contribution is -2.26. The minimum absolute atomic E-state index is 0.298. The molecule has 2 N–H and O–H groups in total. The Morgan fingerprint density at radius 2 is 1.81 bits per heavy atom. The van der Waals surface area contributed by atoms with Crippen molar-refractivity contribution in [2.24, 2.45) is 11.7 Å². The predicted molar refractivity (Wildman–Crippen MR) is 68.7 cm³/mol. The van der Waals surface area contributed by atoms with Gasteiger partial charge in [-0.3, -0.25) is 0 Å². The highest BCUT2D eigenvalue weighted by molar-refractivity contribution is 5.27. The Labute approximate surface area is 98.8 Å². The number of hydrogen-bond donors (Lipinski definition) is 1. The van der Waals surface area contributed by atoms with Crippen LogP contribution >= 0.6 is 0 Å². The van der Waals surface area contributed by atoms with Crippen molar-refractivity contribution >= 4 is 0 Å². The molecule has 0 bridgehead atoms. The molecule has 0 heterocycles. The van der Waals surface area contributed by atoms with Crippen LogP contribution in [0.4, 0.5) is 0 Å². The highest BCUT2D eigenvalue weighted by Gasteiger charge is 2.07. The average Bonchev–Trinajstić information content (AvgIpc) is 2.28. The molecular weight excluding hydrogens is 198 g/mol. The van der Waals surface area contributed by atoms with E-state index >= 15 is 0 Å². The van der Waals surface area contributed by atoms with Gasteiger partial charge in [0.05, 0.1) is 6.61 Å². The van der Waals surface area contributed by atoms with Crippen molar-refractivity contribution in [3.63, 3.8) is 0 Å². The maximum absolute atomic E-state index is 6.02. The number of ether oxygens (including phenoxy) is 1. The van der Waals surface area contributed by atoms with Gasteiger partial charge in [0.2, 0.25) is 0 Å². The first-order chi connectivity index (χ1) is 7.63. The van der Waals surface area contributed by atoms with Crippen molar-refractivity contribution in [2.45, 2.75) is 39.7 Å². The zero-order chi connectivity index (χ0) is 12.0. The van der Waals surface area contributed by atoms with Crippen molar-refractivity contribution in [3.8, 4) is 5.75 Å². The van der Waals surface area contributed by atoms with Gasteiger partial charge in [0.25, 0.3) is 0 Å². The molecule has 1 rings (SSSR count). The minimum Gasteiger partial charge on any atom is -0.494 e. The highest BCUT2D eigenvalue weighted by atomic mass is 16.5. The Bertz CT molecular complexity index is 292. The van der Waals surface area contributed by atoms with Gasteiger partial charge < -0.3 is 10.5 Å². The monoisotopic (exact) mass is 221 g/mol. The van der Waals surface area contributed by atoms with E-state index in [4.69, 9.17) is 10.5 Å². The molecule has 1 aromatic rings. The number of benzene rings is 1. The van der Waals surface area contributed by atoms with Crippen molar-refractivity contribution in [1.82, 2.24) is 0 Å². The standard InChI is InChI=1S/C14H23NO/c1-4-16-13-8-5-12(6-9-13)7-10-14(15)11(2)3/h5-6,8-9,11,14H,4,7,10,15H2,1-3H3. The second-order valence-electron chi connectivity index (χ2n) is 4.52. The third-order valence-corrected chi connectivity index (χ3v) is 2.86. The molecule has 0 saturated heterocycles. The Kier molecular flexibility index (Phi) is 5.33. The fourth-order valence-electron chi connectivity index (χ4n) is 1.59.